The second-order valence-corrected chi connectivity index (χ2v) is 4.33. The van der Waals surface area contributed by atoms with Crippen LogP contribution in [0.4, 0.5) is 0 Å². The number of para-hydroxylation sites is 1. The van der Waals surface area contributed by atoms with Gasteiger partial charge in [0.15, 0.2) is 0 Å². The first-order chi connectivity index (χ1) is 6.36. The Balaban J connectivity index is 2.81. The average Bonchev–Trinajstić information content (AvgIpc) is 2.55. The maximum absolute atomic E-state index is 10.7. The number of hydrogen-bond donors (Lipinski definition) is 0. The Morgan fingerprint density at radius 1 is 1.38 bits per heavy atom. The molecule has 0 amide bonds. The standard InChI is InChI=1S/C10H8O2Se/c1-13-10-7-4-2-3-5-8(7)12-9(10)6-11/h2-6H,1H3. The van der Waals surface area contributed by atoms with E-state index in [0.29, 0.717) is 20.7 Å². The number of carbonyl (C=O) groups excluding carboxylic acids is 1. The first-order valence-corrected chi connectivity index (χ1v) is 6.44. The zero-order valence-electron chi connectivity index (χ0n) is 7.11. The fourth-order valence-corrected chi connectivity index (χ4v) is 2.75. The maximum atomic E-state index is 10.7. The van der Waals surface area contributed by atoms with Crippen LogP contribution in [0.2, 0.25) is 5.82 Å². The summed E-state index contributed by atoms with van der Waals surface area (Å²) in [5.74, 6) is 2.57. The van der Waals surface area contributed by atoms with Crippen molar-refractivity contribution in [2.75, 3.05) is 0 Å². The van der Waals surface area contributed by atoms with E-state index in [1.807, 2.05) is 24.3 Å². The Bertz CT molecular complexity index is 445. The second-order valence-electron chi connectivity index (χ2n) is 2.61. The summed E-state index contributed by atoms with van der Waals surface area (Å²) in [5.41, 5.74) is 0.809. The molecule has 0 N–H and O–H groups in total. The van der Waals surface area contributed by atoms with Gasteiger partial charge in [-0.1, -0.05) is 0 Å². The Kier molecular flexibility index (Phi) is 2.21. The molecule has 0 saturated heterocycles. The van der Waals surface area contributed by atoms with E-state index in [2.05, 4.69) is 5.82 Å². The zero-order valence-corrected chi connectivity index (χ0v) is 8.82. The van der Waals surface area contributed by atoms with E-state index in [-0.39, 0.29) is 0 Å². The van der Waals surface area contributed by atoms with Gasteiger partial charge in [-0.05, 0) is 0 Å². The van der Waals surface area contributed by atoms with E-state index in [1.54, 1.807) is 0 Å². The van der Waals surface area contributed by atoms with E-state index in [9.17, 15) is 4.79 Å². The van der Waals surface area contributed by atoms with Gasteiger partial charge in [0.25, 0.3) is 0 Å². The molecule has 0 fully saturated rings. The van der Waals surface area contributed by atoms with Gasteiger partial charge in [-0.25, -0.2) is 0 Å². The third kappa shape index (κ3) is 1.30. The minimum absolute atomic E-state index is 0.294. The first kappa shape index (κ1) is 8.54. The van der Waals surface area contributed by atoms with Gasteiger partial charge < -0.3 is 0 Å². The summed E-state index contributed by atoms with van der Waals surface area (Å²) in [5, 5.41) is 1.08. The molecule has 1 aromatic heterocycles. The van der Waals surface area contributed by atoms with Gasteiger partial charge >= 0.3 is 81.7 Å². The van der Waals surface area contributed by atoms with Crippen LogP contribution in [0.5, 0.6) is 0 Å². The van der Waals surface area contributed by atoms with E-state index in [0.717, 1.165) is 21.7 Å². The molecule has 0 saturated carbocycles. The number of hydrogen-bond acceptors (Lipinski definition) is 2. The van der Waals surface area contributed by atoms with Crippen LogP contribution in [0.25, 0.3) is 11.0 Å². The molecule has 3 heteroatoms. The van der Waals surface area contributed by atoms with Gasteiger partial charge in [0.05, 0.1) is 0 Å². The average molecular weight is 239 g/mol. The van der Waals surface area contributed by atoms with Crippen LogP contribution in [0.3, 0.4) is 0 Å². The molecule has 0 spiro atoms. The third-order valence-corrected chi connectivity index (χ3v) is 3.63. The summed E-state index contributed by atoms with van der Waals surface area (Å²) in [6, 6.07) is 7.75. The second kappa shape index (κ2) is 3.36. The van der Waals surface area contributed by atoms with Gasteiger partial charge in [-0.3, -0.25) is 0 Å². The summed E-state index contributed by atoms with van der Waals surface area (Å²) < 4.78 is 6.45. The quantitative estimate of drug-likeness (QED) is 0.589. The molecule has 13 heavy (non-hydrogen) atoms. The van der Waals surface area contributed by atoms with E-state index < -0.39 is 0 Å². The van der Waals surface area contributed by atoms with Crippen LogP contribution >= 0.6 is 0 Å². The molecule has 0 aliphatic heterocycles. The summed E-state index contributed by atoms with van der Waals surface area (Å²) in [6.07, 6.45) is 0.792. The summed E-state index contributed by atoms with van der Waals surface area (Å²) >= 11 is 0.294. The Hall–Kier alpha value is -1.05. The predicted molar refractivity (Wildman–Crippen MR) is 52.9 cm³/mol. The normalized spacial score (nSPS) is 10.5. The van der Waals surface area contributed by atoms with Crippen LogP contribution in [0.1, 0.15) is 10.6 Å². The van der Waals surface area contributed by atoms with Crippen molar-refractivity contribution in [2.45, 2.75) is 5.82 Å². The van der Waals surface area contributed by atoms with Crippen molar-refractivity contribution in [2.24, 2.45) is 0 Å². The van der Waals surface area contributed by atoms with Crippen molar-refractivity contribution in [3.05, 3.63) is 30.0 Å². The minimum atomic E-state index is 0.294. The van der Waals surface area contributed by atoms with Crippen molar-refractivity contribution < 1.29 is 9.21 Å². The van der Waals surface area contributed by atoms with Gasteiger partial charge in [0, 0.05) is 0 Å². The summed E-state index contributed by atoms with van der Waals surface area (Å²) in [7, 11) is 0. The molecule has 2 aromatic rings. The van der Waals surface area contributed by atoms with Gasteiger partial charge in [0.2, 0.25) is 0 Å². The Labute approximate surface area is 82.1 Å². The molecule has 0 unspecified atom stereocenters. The molecule has 0 radical (unpaired) electrons. The van der Waals surface area contributed by atoms with Crippen molar-refractivity contribution in [3.8, 4) is 0 Å². The predicted octanol–water partition coefficient (Wildman–Crippen LogP) is 1.62. The van der Waals surface area contributed by atoms with E-state index >= 15 is 0 Å². The molecule has 0 aliphatic rings. The van der Waals surface area contributed by atoms with Crippen LogP contribution in [0, 0.1) is 0 Å². The van der Waals surface area contributed by atoms with Crippen molar-refractivity contribution in [1.82, 2.24) is 0 Å². The van der Waals surface area contributed by atoms with Crippen LogP contribution < -0.4 is 4.46 Å². The van der Waals surface area contributed by atoms with Gasteiger partial charge in [0.1, 0.15) is 0 Å². The molecule has 0 aliphatic carbocycles. The van der Waals surface area contributed by atoms with Gasteiger partial charge in [-0.15, -0.1) is 0 Å². The van der Waals surface area contributed by atoms with Crippen LogP contribution in [-0.4, -0.2) is 21.2 Å². The molecule has 2 nitrogen and oxygen atoms in total. The number of benzene rings is 1. The van der Waals surface area contributed by atoms with Crippen molar-refractivity contribution in [3.63, 3.8) is 0 Å². The fraction of sp³-hybridized carbons (Fsp3) is 0.100. The molecule has 0 bridgehead atoms. The Morgan fingerprint density at radius 2 is 2.15 bits per heavy atom. The zero-order chi connectivity index (χ0) is 9.26. The Morgan fingerprint density at radius 3 is 2.85 bits per heavy atom. The van der Waals surface area contributed by atoms with Crippen LogP contribution in [-0.2, 0) is 0 Å². The molecule has 66 valence electrons. The molecule has 2 rings (SSSR count). The summed E-state index contributed by atoms with van der Waals surface area (Å²) in [6.45, 7) is 0. The topological polar surface area (TPSA) is 30.2 Å². The molecule has 0 atom stereocenters. The number of aldehydes is 1. The van der Waals surface area contributed by atoms with Crippen molar-refractivity contribution >= 4 is 36.7 Å². The number of rotatable bonds is 2. The van der Waals surface area contributed by atoms with Crippen LogP contribution in [0.15, 0.2) is 28.7 Å². The van der Waals surface area contributed by atoms with Crippen molar-refractivity contribution in [1.29, 1.82) is 0 Å². The van der Waals surface area contributed by atoms with Gasteiger partial charge in [-0.2, -0.15) is 0 Å². The number of fused-ring (bicyclic) bond motifs is 1. The molecule has 1 heterocycles. The molecule has 1 aromatic carbocycles. The fourth-order valence-electron chi connectivity index (χ4n) is 1.33. The molecular weight excluding hydrogens is 231 g/mol. The summed E-state index contributed by atoms with van der Waals surface area (Å²) in [4.78, 5) is 10.7. The first-order valence-electron chi connectivity index (χ1n) is 3.87. The van der Waals surface area contributed by atoms with E-state index in [4.69, 9.17) is 4.42 Å². The number of furan rings is 1. The monoisotopic (exact) mass is 240 g/mol. The van der Waals surface area contributed by atoms with E-state index in [1.165, 1.54) is 0 Å². The molecular formula is C10H8O2Se. The SMILES string of the molecule is C[Se]c1c(C=O)oc2ccccc12. The third-order valence-electron chi connectivity index (χ3n) is 1.89. The number of carbonyl (C=O) groups is 1.